The minimum atomic E-state index is 0.853. The van der Waals surface area contributed by atoms with E-state index in [2.05, 4.69) is 181 Å². The van der Waals surface area contributed by atoms with Crippen LogP contribution in [0.4, 0.5) is 17.1 Å². The van der Waals surface area contributed by atoms with Gasteiger partial charge in [-0.25, -0.2) is 0 Å². The first-order valence-corrected chi connectivity index (χ1v) is 18.0. The van der Waals surface area contributed by atoms with Crippen molar-refractivity contribution in [3.05, 3.63) is 188 Å². The Hall–Kier alpha value is -7.10. The summed E-state index contributed by atoms with van der Waals surface area (Å²) >= 11 is 0. The molecule has 3 heteroatoms. The van der Waals surface area contributed by atoms with Crippen molar-refractivity contribution >= 4 is 82.5 Å². The van der Waals surface area contributed by atoms with Gasteiger partial charge in [-0.2, -0.15) is 0 Å². The zero-order valence-corrected chi connectivity index (χ0v) is 28.7. The first kappa shape index (κ1) is 29.6. The van der Waals surface area contributed by atoms with E-state index < -0.39 is 0 Å². The van der Waals surface area contributed by atoms with Crippen LogP contribution in [-0.2, 0) is 0 Å². The number of anilines is 3. The van der Waals surface area contributed by atoms with Gasteiger partial charge in [0.1, 0.15) is 22.3 Å². The summed E-state index contributed by atoms with van der Waals surface area (Å²) in [6.45, 7) is 0. The number of fused-ring (bicyclic) bond motifs is 8. The molecule has 0 atom stereocenters. The number of rotatable bonds is 5. The van der Waals surface area contributed by atoms with Gasteiger partial charge >= 0.3 is 0 Å². The van der Waals surface area contributed by atoms with Crippen molar-refractivity contribution in [2.45, 2.75) is 0 Å². The fraction of sp³-hybridized carbons (Fsp3) is 0. The fourth-order valence-corrected chi connectivity index (χ4v) is 8.27. The number of benzene rings is 9. The SMILES string of the molecule is c1cc(-c2cccc3ccccc23)cc(N(c2ccccc2-c2cccc3oc4cc5ccccc5cc4c23)c2cccc3oc4ccccc4c23)c1. The molecule has 2 aromatic heterocycles. The van der Waals surface area contributed by atoms with Gasteiger partial charge < -0.3 is 13.7 Å². The number of para-hydroxylation sites is 2. The third-order valence-electron chi connectivity index (χ3n) is 10.6. The average Bonchev–Trinajstić information content (AvgIpc) is 3.78. The third kappa shape index (κ3) is 4.68. The van der Waals surface area contributed by atoms with Gasteiger partial charge in [-0.1, -0.05) is 133 Å². The van der Waals surface area contributed by atoms with Crippen molar-refractivity contribution in [1.82, 2.24) is 0 Å². The fourth-order valence-electron chi connectivity index (χ4n) is 8.27. The van der Waals surface area contributed by atoms with Gasteiger partial charge in [-0.05, 0) is 92.8 Å². The van der Waals surface area contributed by atoms with Gasteiger partial charge in [-0.3, -0.25) is 0 Å². The predicted octanol–water partition coefficient (Wildman–Crippen LogP) is 14.6. The minimum absolute atomic E-state index is 0.853. The topological polar surface area (TPSA) is 29.5 Å². The van der Waals surface area contributed by atoms with Gasteiger partial charge in [0.25, 0.3) is 0 Å². The van der Waals surface area contributed by atoms with Crippen LogP contribution in [0.1, 0.15) is 0 Å². The van der Waals surface area contributed by atoms with E-state index >= 15 is 0 Å². The predicted molar refractivity (Wildman–Crippen MR) is 222 cm³/mol. The minimum Gasteiger partial charge on any atom is -0.456 e. The Balaban J connectivity index is 1.20. The van der Waals surface area contributed by atoms with E-state index in [0.29, 0.717) is 0 Å². The van der Waals surface area contributed by atoms with Crippen molar-refractivity contribution in [3.63, 3.8) is 0 Å². The molecule has 11 rings (SSSR count). The van der Waals surface area contributed by atoms with E-state index in [4.69, 9.17) is 8.83 Å². The highest BCUT2D eigenvalue weighted by atomic mass is 16.3. The second kappa shape index (κ2) is 11.7. The van der Waals surface area contributed by atoms with Crippen molar-refractivity contribution in [3.8, 4) is 22.3 Å². The van der Waals surface area contributed by atoms with Crippen LogP contribution in [0.3, 0.4) is 0 Å². The van der Waals surface area contributed by atoms with Crippen LogP contribution in [0.2, 0.25) is 0 Å². The van der Waals surface area contributed by atoms with Crippen LogP contribution in [0, 0.1) is 0 Å². The lowest BCUT2D eigenvalue weighted by Crippen LogP contribution is -2.11. The molecule has 0 aliphatic heterocycles. The molecule has 0 bridgehead atoms. The maximum Gasteiger partial charge on any atom is 0.137 e. The monoisotopic (exact) mass is 677 g/mol. The Bertz CT molecular complexity index is 3200. The largest absolute Gasteiger partial charge is 0.456 e. The molecule has 0 N–H and O–H groups in total. The Kier molecular flexibility index (Phi) is 6.55. The first-order chi connectivity index (χ1) is 26.3. The van der Waals surface area contributed by atoms with Gasteiger partial charge in [-0.15, -0.1) is 0 Å². The normalized spacial score (nSPS) is 11.8. The standard InChI is InChI=1S/C50H31NO2/c1-2-15-34-31-48-42(30-33(34)14-1)49-40(23-11-27-46(49)53-48)39-20-5-7-24-43(39)51(44-25-12-28-47-50(44)41-21-6-8-26-45(41)52-47)36-18-9-17-35(29-36)38-22-10-16-32-13-3-4-19-37(32)38/h1-31H. The molecular formula is C50H31NO2. The molecule has 0 amide bonds. The lowest BCUT2D eigenvalue weighted by atomic mass is 9.95. The molecule has 53 heavy (non-hydrogen) atoms. The number of nitrogens with zero attached hydrogens (tertiary/aromatic N) is 1. The second-order valence-electron chi connectivity index (χ2n) is 13.7. The molecule has 11 aromatic rings. The summed E-state index contributed by atoms with van der Waals surface area (Å²) in [6, 6.07) is 66.8. The molecule has 0 aliphatic rings. The molecule has 0 saturated heterocycles. The number of hydrogen-bond donors (Lipinski definition) is 0. The van der Waals surface area contributed by atoms with Crippen LogP contribution in [0.25, 0.3) is 87.7 Å². The van der Waals surface area contributed by atoms with Crippen LogP contribution in [-0.4, -0.2) is 0 Å². The van der Waals surface area contributed by atoms with E-state index in [-0.39, 0.29) is 0 Å². The van der Waals surface area contributed by atoms with E-state index in [1.807, 2.05) is 12.1 Å². The van der Waals surface area contributed by atoms with Crippen molar-refractivity contribution in [2.24, 2.45) is 0 Å². The Morgan fingerprint density at radius 1 is 0.321 bits per heavy atom. The quantitative estimate of drug-likeness (QED) is 0.182. The Morgan fingerprint density at radius 3 is 1.81 bits per heavy atom. The smallest absolute Gasteiger partial charge is 0.137 e. The zero-order valence-electron chi connectivity index (χ0n) is 28.7. The summed E-state index contributed by atoms with van der Waals surface area (Å²) in [4.78, 5) is 2.41. The summed E-state index contributed by atoms with van der Waals surface area (Å²) in [5, 5.41) is 9.18. The molecule has 0 unspecified atom stereocenters. The van der Waals surface area contributed by atoms with Gasteiger partial charge in [0.15, 0.2) is 0 Å². The van der Waals surface area contributed by atoms with Crippen LogP contribution < -0.4 is 4.90 Å². The van der Waals surface area contributed by atoms with Crippen molar-refractivity contribution < 1.29 is 8.83 Å². The van der Waals surface area contributed by atoms with E-state index in [0.717, 1.165) is 77.6 Å². The summed E-state index contributed by atoms with van der Waals surface area (Å²) in [5.41, 5.74) is 11.2. The molecular weight excluding hydrogens is 647 g/mol. The molecule has 248 valence electrons. The highest BCUT2D eigenvalue weighted by molar-refractivity contribution is 6.18. The van der Waals surface area contributed by atoms with Crippen LogP contribution in [0.15, 0.2) is 197 Å². The van der Waals surface area contributed by atoms with Crippen LogP contribution >= 0.6 is 0 Å². The average molecular weight is 678 g/mol. The maximum atomic E-state index is 6.56. The summed E-state index contributed by atoms with van der Waals surface area (Å²) in [6.07, 6.45) is 0. The molecule has 2 heterocycles. The van der Waals surface area contributed by atoms with E-state index in [1.54, 1.807) is 0 Å². The zero-order chi connectivity index (χ0) is 34.9. The number of furan rings is 2. The van der Waals surface area contributed by atoms with E-state index in [9.17, 15) is 0 Å². The van der Waals surface area contributed by atoms with Gasteiger partial charge in [0, 0.05) is 27.4 Å². The molecule has 0 spiro atoms. The Labute approximate surface area is 305 Å². The van der Waals surface area contributed by atoms with Crippen LogP contribution in [0.5, 0.6) is 0 Å². The van der Waals surface area contributed by atoms with E-state index in [1.165, 1.54) is 27.1 Å². The Morgan fingerprint density at radius 2 is 0.906 bits per heavy atom. The molecule has 0 radical (unpaired) electrons. The highest BCUT2D eigenvalue weighted by Crippen LogP contribution is 2.48. The summed E-state index contributed by atoms with van der Waals surface area (Å²) in [7, 11) is 0. The molecule has 9 aromatic carbocycles. The number of hydrogen-bond acceptors (Lipinski definition) is 3. The summed E-state index contributed by atoms with van der Waals surface area (Å²) < 4.78 is 13.0. The van der Waals surface area contributed by atoms with Gasteiger partial charge in [0.05, 0.1) is 16.8 Å². The summed E-state index contributed by atoms with van der Waals surface area (Å²) in [5.74, 6) is 0. The second-order valence-corrected chi connectivity index (χ2v) is 13.7. The highest BCUT2D eigenvalue weighted by Gasteiger charge is 2.24. The van der Waals surface area contributed by atoms with Crippen molar-refractivity contribution in [1.29, 1.82) is 0 Å². The van der Waals surface area contributed by atoms with Gasteiger partial charge in [0.2, 0.25) is 0 Å². The third-order valence-corrected chi connectivity index (χ3v) is 10.6. The molecule has 0 saturated carbocycles. The lowest BCUT2D eigenvalue weighted by Gasteiger charge is -2.29. The maximum absolute atomic E-state index is 6.56. The first-order valence-electron chi connectivity index (χ1n) is 18.0. The molecule has 0 fully saturated rings. The molecule has 0 aliphatic carbocycles. The molecule has 3 nitrogen and oxygen atoms in total. The van der Waals surface area contributed by atoms with Crippen molar-refractivity contribution in [2.75, 3.05) is 4.90 Å². The lowest BCUT2D eigenvalue weighted by molar-refractivity contribution is 0.669.